The topological polar surface area (TPSA) is 83.1 Å². The number of amides is 2. The van der Waals surface area contributed by atoms with Gasteiger partial charge in [0.1, 0.15) is 5.57 Å². The SMILES string of the molecule is CC=C1C(=O)N(Cc2ccc(CONCCCCCCCCCC)cc2)N(Cc2ccc(CONCCCCCCCCCC)cc2)C1=O. The van der Waals surface area contributed by atoms with Crippen molar-refractivity contribution < 1.29 is 19.3 Å². The zero-order chi connectivity index (χ0) is 34.9. The number of hydrazine groups is 1. The molecule has 0 spiro atoms. The van der Waals surface area contributed by atoms with Crippen molar-refractivity contribution in [2.75, 3.05) is 13.1 Å². The second-order valence-electron chi connectivity index (χ2n) is 13.4. The number of carbonyl (C=O) groups excluding carboxylic acids is 2. The quantitative estimate of drug-likeness (QED) is 0.0405. The molecule has 1 saturated heterocycles. The maximum Gasteiger partial charge on any atom is 0.278 e. The van der Waals surface area contributed by atoms with Crippen molar-refractivity contribution in [3.05, 3.63) is 82.4 Å². The largest absolute Gasteiger partial charge is 0.297 e. The van der Waals surface area contributed by atoms with Crippen molar-refractivity contribution in [2.45, 2.75) is 150 Å². The molecule has 272 valence electrons. The Kier molecular flexibility index (Phi) is 20.6. The van der Waals surface area contributed by atoms with E-state index in [1.807, 2.05) is 48.5 Å². The number of rotatable bonds is 28. The first kappa shape index (κ1) is 40.4. The summed E-state index contributed by atoms with van der Waals surface area (Å²) in [4.78, 5) is 37.8. The molecule has 3 rings (SSSR count). The first-order chi connectivity index (χ1) is 24.1. The minimum absolute atomic E-state index is 0.208. The summed E-state index contributed by atoms with van der Waals surface area (Å²) >= 11 is 0. The Morgan fingerprint density at radius 3 is 1.18 bits per heavy atom. The van der Waals surface area contributed by atoms with Crippen LogP contribution in [0.1, 0.15) is 146 Å². The molecule has 0 unspecified atom stereocenters. The van der Waals surface area contributed by atoms with Gasteiger partial charge in [0.05, 0.1) is 26.3 Å². The van der Waals surface area contributed by atoms with Crippen molar-refractivity contribution in [3.8, 4) is 0 Å². The number of hydrogen-bond donors (Lipinski definition) is 2. The Morgan fingerprint density at radius 1 is 0.510 bits per heavy atom. The molecular formula is C41H64N4O4. The van der Waals surface area contributed by atoms with Gasteiger partial charge in [-0.15, -0.1) is 0 Å². The molecule has 0 aromatic heterocycles. The second kappa shape index (κ2) is 25.0. The summed E-state index contributed by atoms with van der Waals surface area (Å²) in [6.07, 6.45) is 22.3. The number of allylic oxidation sites excluding steroid dienone is 1. The van der Waals surface area contributed by atoms with Gasteiger partial charge >= 0.3 is 0 Å². The molecule has 2 aromatic carbocycles. The number of hydrogen-bond acceptors (Lipinski definition) is 6. The normalized spacial score (nSPS) is 13.2. The molecule has 2 amide bonds. The molecular weight excluding hydrogens is 612 g/mol. The van der Waals surface area contributed by atoms with Crippen LogP contribution in [-0.4, -0.2) is 34.9 Å². The summed E-state index contributed by atoms with van der Waals surface area (Å²) in [5.41, 5.74) is 10.4. The predicted molar refractivity (Wildman–Crippen MR) is 199 cm³/mol. The van der Waals surface area contributed by atoms with E-state index in [1.165, 1.54) is 89.9 Å². The maximum atomic E-state index is 13.2. The number of unbranched alkanes of at least 4 members (excludes halogenated alkanes) is 14. The van der Waals surface area contributed by atoms with E-state index in [0.29, 0.717) is 26.3 Å². The van der Waals surface area contributed by atoms with E-state index in [-0.39, 0.29) is 17.4 Å². The van der Waals surface area contributed by atoms with Gasteiger partial charge in [-0.1, -0.05) is 158 Å². The van der Waals surface area contributed by atoms with Crippen LogP contribution in [0.2, 0.25) is 0 Å². The Hall–Kier alpha value is -3.04. The minimum atomic E-state index is -0.266. The van der Waals surface area contributed by atoms with Gasteiger partial charge in [0.2, 0.25) is 0 Å². The Balaban J connectivity index is 1.38. The number of hydroxylamine groups is 2. The molecule has 49 heavy (non-hydrogen) atoms. The van der Waals surface area contributed by atoms with Crippen LogP contribution in [0.5, 0.6) is 0 Å². The predicted octanol–water partition coefficient (Wildman–Crippen LogP) is 9.24. The summed E-state index contributed by atoms with van der Waals surface area (Å²) in [5.74, 6) is -0.532. The molecule has 8 nitrogen and oxygen atoms in total. The van der Waals surface area contributed by atoms with E-state index in [2.05, 4.69) is 24.8 Å². The standard InChI is InChI=1S/C41H64N4O4/c1-4-7-9-11-13-15-17-19-29-42-48-33-37-25-21-35(22-26-37)31-44-40(46)39(6-3)41(47)45(44)32-36-23-27-38(28-24-36)34-49-43-30-20-18-16-14-12-10-8-5-2/h6,21-28,42-43H,4-5,7-20,29-34H2,1-3H3. The Morgan fingerprint density at radius 2 is 0.837 bits per heavy atom. The highest BCUT2D eigenvalue weighted by molar-refractivity contribution is 6.22. The first-order valence-corrected chi connectivity index (χ1v) is 19.2. The lowest BCUT2D eigenvalue weighted by Gasteiger charge is -2.27. The lowest BCUT2D eigenvalue weighted by atomic mass is 10.1. The number of carbonyl (C=O) groups is 2. The molecule has 0 saturated carbocycles. The van der Waals surface area contributed by atoms with E-state index in [0.717, 1.165) is 48.2 Å². The van der Waals surface area contributed by atoms with Crippen molar-refractivity contribution in [3.63, 3.8) is 0 Å². The average Bonchev–Trinajstić information content (AvgIpc) is 3.33. The molecule has 2 aromatic rings. The smallest absolute Gasteiger partial charge is 0.278 e. The lowest BCUT2D eigenvalue weighted by Crippen LogP contribution is -2.39. The molecule has 1 aliphatic rings. The molecule has 0 bridgehead atoms. The van der Waals surface area contributed by atoms with Crippen LogP contribution in [0.15, 0.2) is 60.2 Å². The van der Waals surface area contributed by atoms with Crippen LogP contribution in [-0.2, 0) is 45.6 Å². The Labute approximate surface area is 296 Å². The summed E-state index contributed by atoms with van der Waals surface area (Å²) in [7, 11) is 0. The molecule has 0 radical (unpaired) electrons. The zero-order valence-electron chi connectivity index (χ0n) is 30.8. The highest BCUT2D eigenvalue weighted by Crippen LogP contribution is 2.25. The molecule has 1 aliphatic heterocycles. The highest BCUT2D eigenvalue weighted by atomic mass is 16.6. The van der Waals surface area contributed by atoms with Crippen LogP contribution < -0.4 is 11.0 Å². The molecule has 2 N–H and O–H groups in total. The fourth-order valence-electron chi connectivity index (χ4n) is 6.05. The van der Waals surface area contributed by atoms with Gasteiger partial charge < -0.3 is 0 Å². The van der Waals surface area contributed by atoms with Gasteiger partial charge in [-0.25, -0.2) is 21.0 Å². The third-order valence-electron chi connectivity index (χ3n) is 9.17. The molecule has 1 fully saturated rings. The summed E-state index contributed by atoms with van der Waals surface area (Å²) in [6.45, 7) is 9.54. The highest BCUT2D eigenvalue weighted by Gasteiger charge is 2.40. The van der Waals surface area contributed by atoms with E-state index >= 15 is 0 Å². The van der Waals surface area contributed by atoms with Crippen molar-refractivity contribution in [2.24, 2.45) is 0 Å². The van der Waals surface area contributed by atoms with Gasteiger partial charge in [0.25, 0.3) is 11.8 Å². The van der Waals surface area contributed by atoms with Gasteiger partial charge in [0, 0.05) is 13.1 Å². The van der Waals surface area contributed by atoms with E-state index in [9.17, 15) is 9.59 Å². The van der Waals surface area contributed by atoms with Crippen molar-refractivity contribution in [1.29, 1.82) is 0 Å². The van der Waals surface area contributed by atoms with Gasteiger partial charge in [-0.05, 0) is 42.0 Å². The van der Waals surface area contributed by atoms with Crippen LogP contribution in [0.4, 0.5) is 0 Å². The van der Waals surface area contributed by atoms with Crippen LogP contribution >= 0.6 is 0 Å². The lowest BCUT2D eigenvalue weighted by molar-refractivity contribution is -0.149. The molecule has 8 heteroatoms. The second-order valence-corrected chi connectivity index (χ2v) is 13.4. The molecule has 0 aliphatic carbocycles. The molecule has 1 heterocycles. The van der Waals surface area contributed by atoms with E-state index in [1.54, 1.807) is 23.0 Å². The fourth-order valence-corrected chi connectivity index (χ4v) is 6.05. The summed E-state index contributed by atoms with van der Waals surface area (Å²) < 4.78 is 0. The first-order valence-electron chi connectivity index (χ1n) is 19.2. The van der Waals surface area contributed by atoms with Crippen LogP contribution in [0.3, 0.4) is 0 Å². The zero-order valence-corrected chi connectivity index (χ0v) is 30.8. The van der Waals surface area contributed by atoms with E-state index < -0.39 is 0 Å². The number of nitrogens with one attached hydrogen (secondary N) is 2. The third kappa shape index (κ3) is 15.6. The van der Waals surface area contributed by atoms with Crippen molar-refractivity contribution >= 4 is 11.8 Å². The van der Waals surface area contributed by atoms with Crippen LogP contribution in [0.25, 0.3) is 0 Å². The third-order valence-corrected chi connectivity index (χ3v) is 9.17. The molecule has 0 atom stereocenters. The monoisotopic (exact) mass is 676 g/mol. The number of benzene rings is 2. The summed E-state index contributed by atoms with van der Waals surface area (Å²) in [5, 5.41) is 3.11. The fraction of sp³-hybridized carbons (Fsp3) is 0.610. The Bertz CT molecular complexity index is 1120. The van der Waals surface area contributed by atoms with Gasteiger partial charge in [0.15, 0.2) is 0 Å². The van der Waals surface area contributed by atoms with E-state index in [4.69, 9.17) is 9.68 Å². The van der Waals surface area contributed by atoms with Crippen LogP contribution in [0, 0.1) is 0 Å². The summed E-state index contributed by atoms with van der Waals surface area (Å²) in [6, 6.07) is 16.1. The maximum absolute atomic E-state index is 13.2. The average molecular weight is 677 g/mol. The van der Waals surface area contributed by atoms with Gasteiger partial charge in [-0.2, -0.15) is 0 Å². The number of nitrogens with zero attached hydrogens (tertiary/aromatic N) is 2. The minimum Gasteiger partial charge on any atom is -0.297 e. The van der Waals surface area contributed by atoms with Crippen molar-refractivity contribution in [1.82, 2.24) is 21.0 Å². The van der Waals surface area contributed by atoms with Gasteiger partial charge in [-0.3, -0.25) is 19.3 Å².